The number of aliphatic hydroxyl groups is 1. The summed E-state index contributed by atoms with van der Waals surface area (Å²) in [5.74, 6) is 1.11. The molecule has 0 fully saturated rings. The van der Waals surface area contributed by atoms with Crippen molar-refractivity contribution >= 4 is 11.6 Å². The Hall–Kier alpha value is -1.51. The van der Waals surface area contributed by atoms with Crippen LogP contribution in [0.5, 0.6) is 5.75 Å². The van der Waals surface area contributed by atoms with Gasteiger partial charge in [-0.25, -0.2) is 0 Å². The van der Waals surface area contributed by atoms with E-state index >= 15 is 0 Å². The molecule has 0 radical (unpaired) electrons. The fourth-order valence-corrected chi connectivity index (χ4v) is 3.23. The highest BCUT2D eigenvalue weighted by Gasteiger charge is 2.28. The van der Waals surface area contributed by atoms with Gasteiger partial charge in [-0.1, -0.05) is 29.8 Å². The van der Waals surface area contributed by atoms with Crippen molar-refractivity contribution in [3.05, 3.63) is 64.2 Å². The predicted molar refractivity (Wildman–Crippen MR) is 84.9 cm³/mol. The zero-order chi connectivity index (χ0) is 14.8. The van der Waals surface area contributed by atoms with Gasteiger partial charge in [-0.15, -0.1) is 0 Å². The lowest BCUT2D eigenvalue weighted by atomic mass is 9.78. The van der Waals surface area contributed by atoms with Crippen LogP contribution in [0.4, 0.5) is 0 Å². The molecule has 2 aromatic carbocycles. The molecule has 0 spiro atoms. The van der Waals surface area contributed by atoms with Crippen molar-refractivity contribution < 1.29 is 9.84 Å². The van der Waals surface area contributed by atoms with Crippen LogP contribution < -0.4 is 4.74 Å². The van der Waals surface area contributed by atoms with Gasteiger partial charge in [0.05, 0.1) is 13.2 Å². The number of ether oxygens (including phenoxy) is 1. The molecular formula is C18H19ClO2. The maximum atomic E-state index is 10.6. The molecule has 1 N–H and O–H groups in total. The normalized spacial score (nSPS) is 20.9. The monoisotopic (exact) mass is 302 g/mol. The topological polar surface area (TPSA) is 29.5 Å². The molecule has 0 bridgehead atoms. The summed E-state index contributed by atoms with van der Waals surface area (Å²) in [6.45, 7) is 0. The summed E-state index contributed by atoms with van der Waals surface area (Å²) in [7, 11) is 1.67. The summed E-state index contributed by atoms with van der Waals surface area (Å²) in [4.78, 5) is 0. The SMILES string of the molecule is COc1ccc2c(c1)CCC(Cc1ccc(Cl)cc1)C2O. The number of hydrogen-bond acceptors (Lipinski definition) is 2. The Morgan fingerprint density at radius 3 is 2.67 bits per heavy atom. The lowest BCUT2D eigenvalue weighted by Crippen LogP contribution is -2.22. The second kappa shape index (κ2) is 6.08. The van der Waals surface area contributed by atoms with Crippen LogP contribution in [0.15, 0.2) is 42.5 Å². The van der Waals surface area contributed by atoms with E-state index in [2.05, 4.69) is 0 Å². The Balaban J connectivity index is 1.78. The molecule has 0 amide bonds. The van der Waals surface area contributed by atoms with Crippen LogP contribution in [0.2, 0.25) is 5.02 Å². The van der Waals surface area contributed by atoms with Crippen LogP contribution >= 0.6 is 11.6 Å². The van der Waals surface area contributed by atoms with Crippen LogP contribution in [-0.4, -0.2) is 12.2 Å². The predicted octanol–water partition coefficient (Wildman–Crippen LogP) is 4.19. The van der Waals surface area contributed by atoms with Crippen molar-refractivity contribution in [3.63, 3.8) is 0 Å². The third kappa shape index (κ3) is 3.07. The van der Waals surface area contributed by atoms with E-state index in [9.17, 15) is 5.11 Å². The molecule has 3 rings (SSSR count). The van der Waals surface area contributed by atoms with Crippen LogP contribution in [0, 0.1) is 5.92 Å². The highest BCUT2D eigenvalue weighted by molar-refractivity contribution is 6.30. The molecule has 110 valence electrons. The van der Waals surface area contributed by atoms with Gasteiger partial charge in [0, 0.05) is 5.02 Å². The minimum absolute atomic E-state index is 0.257. The zero-order valence-electron chi connectivity index (χ0n) is 12.1. The fraction of sp³-hybridized carbons (Fsp3) is 0.333. The van der Waals surface area contributed by atoms with Crippen LogP contribution in [0.1, 0.15) is 29.2 Å². The first-order chi connectivity index (χ1) is 10.2. The van der Waals surface area contributed by atoms with E-state index in [1.807, 2.05) is 42.5 Å². The molecular weight excluding hydrogens is 284 g/mol. The van der Waals surface area contributed by atoms with E-state index in [4.69, 9.17) is 16.3 Å². The van der Waals surface area contributed by atoms with Gasteiger partial charge in [-0.2, -0.15) is 0 Å². The molecule has 0 saturated heterocycles. The number of methoxy groups -OCH3 is 1. The third-order valence-corrected chi connectivity index (χ3v) is 4.56. The maximum absolute atomic E-state index is 10.6. The molecule has 2 nitrogen and oxygen atoms in total. The van der Waals surface area contributed by atoms with Gasteiger partial charge in [-0.05, 0) is 66.1 Å². The van der Waals surface area contributed by atoms with E-state index in [-0.39, 0.29) is 5.92 Å². The van der Waals surface area contributed by atoms with E-state index in [0.717, 1.165) is 35.6 Å². The highest BCUT2D eigenvalue weighted by atomic mass is 35.5. The second-order valence-electron chi connectivity index (χ2n) is 5.64. The van der Waals surface area contributed by atoms with E-state index in [0.29, 0.717) is 0 Å². The molecule has 2 unspecified atom stereocenters. The molecule has 3 heteroatoms. The average Bonchev–Trinajstić information content (AvgIpc) is 2.52. The summed E-state index contributed by atoms with van der Waals surface area (Å²) in [6, 6.07) is 13.9. The lowest BCUT2D eigenvalue weighted by molar-refractivity contribution is 0.0935. The number of rotatable bonds is 3. The van der Waals surface area contributed by atoms with Crippen LogP contribution in [0.25, 0.3) is 0 Å². The molecule has 21 heavy (non-hydrogen) atoms. The number of aliphatic hydroxyl groups excluding tert-OH is 1. The molecule has 1 aliphatic carbocycles. The third-order valence-electron chi connectivity index (χ3n) is 4.31. The largest absolute Gasteiger partial charge is 0.497 e. The minimum atomic E-state index is -0.407. The molecule has 1 aliphatic rings. The molecule has 0 saturated carbocycles. The van der Waals surface area contributed by atoms with Gasteiger partial charge in [0.2, 0.25) is 0 Å². The van der Waals surface area contributed by atoms with Crippen LogP contribution in [0.3, 0.4) is 0 Å². The van der Waals surface area contributed by atoms with Crippen molar-refractivity contribution in [3.8, 4) is 5.75 Å². The molecule has 2 atom stereocenters. The summed E-state index contributed by atoms with van der Waals surface area (Å²) >= 11 is 5.92. The Morgan fingerprint density at radius 2 is 1.95 bits per heavy atom. The number of fused-ring (bicyclic) bond motifs is 1. The Kier molecular flexibility index (Phi) is 4.18. The van der Waals surface area contributed by atoms with Crippen LogP contribution in [-0.2, 0) is 12.8 Å². The van der Waals surface area contributed by atoms with E-state index in [1.54, 1.807) is 7.11 Å². The van der Waals surface area contributed by atoms with Gasteiger partial charge in [0.1, 0.15) is 5.75 Å². The van der Waals surface area contributed by atoms with Gasteiger partial charge in [0.25, 0.3) is 0 Å². The molecule has 0 aromatic heterocycles. The zero-order valence-corrected chi connectivity index (χ0v) is 12.8. The quantitative estimate of drug-likeness (QED) is 0.921. The van der Waals surface area contributed by atoms with E-state index in [1.165, 1.54) is 11.1 Å². The van der Waals surface area contributed by atoms with Gasteiger partial charge in [-0.3, -0.25) is 0 Å². The van der Waals surface area contributed by atoms with Gasteiger partial charge in [0.15, 0.2) is 0 Å². The second-order valence-corrected chi connectivity index (χ2v) is 6.08. The number of halogens is 1. The van der Waals surface area contributed by atoms with Crippen molar-refractivity contribution in [1.29, 1.82) is 0 Å². The number of benzene rings is 2. The summed E-state index contributed by atoms with van der Waals surface area (Å²) in [6.07, 6.45) is 2.45. The molecule has 0 heterocycles. The number of aryl methyl sites for hydroxylation is 1. The first-order valence-corrected chi connectivity index (χ1v) is 7.64. The molecule has 0 aliphatic heterocycles. The first kappa shape index (κ1) is 14.4. The van der Waals surface area contributed by atoms with Gasteiger partial charge >= 0.3 is 0 Å². The minimum Gasteiger partial charge on any atom is -0.497 e. The Labute approximate surface area is 130 Å². The van der Waals surface area contributed by atoms with Crippen molar-refractivity contribution in [2.75, 3.05) is 7.11 Å². The lowest BCUT2D eigenvalue weighted by Gasteiger charge is -2.30. The smallest absolute Gasteiger partial charge is 0.119 e. The van der Waals surface area contributed by atoms with E-state index < -0.39 is 6.10 Å². The summed E-state index contributed by atoms with van der Waals surface area (Å²) in [5.41, 5.74) is 3.47. The van der Waals surface area contributed by atoms with Gasteiger partial charge < -0.3 is 9.84 Å². The number of hydrogen-bond donors (Lipinski definition) is 1. The van der Waals surface area contributed by atoms with Crippen molar-refractivity contribution in [1.82, 2.24) is 0 Å². The maximum Gasteiger partial charge on any atom is 0.119 e. The standard InChI is InChI=1S/C18H19ClO2/c1-21-16-8-9-17-13(11-16)4-5-14(18(17)20)10-12-2-6-15(19)7-3-12/h2-3,6-9,11,14,18,20H,4-5,10H2,1H3. The summed E-state index contributed by atoms with van der Waals surface area (Å²) < 4.78 is 5.26. The summed E-state index contributed by atoms with van der Waals surface area (Å²) in [5, 5.41) is 11.4. The Morgan fingerprint density at radius 1 is 1.19 bits per heavy atom. The van der Waals surface area contributed by atoms with Crippen molar-refractivity contribution in [2.24, 2.45) is 5.92 Å². The fourth-order valence-electron chi connectivity index (χ4n) is 3.10. The Bertz CT molecular complexity index is 622. The molecule has 2 aromatic rings. The average molecular weight is 303 g/mol. The highest BCUT2D eigenvalue weighted by Crippen LogP contribution is 2.37. The van der Waals surface area contributed by atoms with Crippen molar-refractivity contribution in [2.45, 2.75) is 25.4 Å². The first-order valence-electron chi connectivity index (χ1n) is 7.26.